The number of hydrogen-bond acceptors (Lipinski definition) is 2. The van der Waals surface area contributed by atoms with Gasteiger partial charge in [0.1, 0.15) is 0 Å². The van der Waals surface area contributed by atoms with Crippen molar-refractivity contribution in [3.63, 3.8) is 0 Å². The Labute approximate surface area is 71.9 Å². The molecule has 0 spiro atoms. The molecule has 0 bridgehead atoms. The molecule has 0 fully saturated rings. The number of nitrogens with two attached hydrogens (primary N) is 1. The van der Waals surface area contributed by atoms with Crippen LogP contribution in [0.1, 0.15) is 0 Å². The normalized spacial score (nSPS) is 10.5. The molecule has 0 atom stereocenters. The average Bonchev–Trinajstić information content (AvgIpc) is 2.10. The molecule has 0 saturated carbocycles. The van der Waals surface area contributed by atoms with Gasteiger partial charge >= 0.3 is 0 Å². The zero-order chi connectivity index (χ0) is 9.40. The van der Waals surface area contributed by atoms with Crippen molar-refractivity contribution in [1.29, 1.82) is 0 Å². The average molecular weight is 167 g/mol. The highest BCUT2D eigenvalue weighted by molar-refractivity contribution is 6.37. The lowest BCUT2D eigenvalue weighted by Gasteiger charge is -1.99. The van der Waals surface area contributed by atoms with Crippen LogP contribution in [0.5, 0.6) is 0 Å². The molecule has 0 rings (SSSR count). The maximum absolute atomic E-state index is 11.0. The monoisotopic (exact) mass is 167 g/mol. The van der Waals surface area contributed by atoms with E-state index >= 15 is 0 Å². The smallest absolute Gasteiger partial charge is 0.286 e. The summed E-state index contributed by atoms with van der Waals surface area (Å²) in [6.07, 6.45) is 3.13. The first-order valence-corrected chi connectivity index (χ1v) is 3.52. The highest BCUT2D eigenvalue weighted by Gasteiger charge is 2.02. The predicted molar refractivity (Wildman–Crippen MR) is 49.9 cm³/mol. The lowest BCUT2D eigenvalue weighted by atomic mass is 10.5. The van der Waals surface area contributed by atoms with Gasteiger partial charge in [0.25, 0.3) is 5.91 Å². The molecule has 0 unspecified atom stereocenters. The number of rotatable bonds is 4. The van der Waals surface area contributed by atoms with Crippen molar-refractivity contribution in [2.75, 3.05) is 13.1 Å². The molecule has 0 aromatic carbocycles. The summed E-state index contributed by atoms with van der Waals surface area (Å²) >= 11 is 0. The van der Waals surface area contributed by atoms with Crippen LogP contribution < -0.4 is 11.1 Å². The van der Waals surface area contributed by atoms with Crippen LogP contribution in [-0.4, -0.2) is 24.8 Å². The molecule has 0 aliphatic carbocycles. The Kier molecular flexibility index (Phi) is 5.34. The molecular formula is C8H13N3O. The van der Waals surface area contributed by atoms with E-state index in [1.54, 1.807) is 12.2 Å². The van der Waals surface area contributed by atoms with Crippen LogP contribution in [0.4, 0.5) is 0 Å². The zero-order valence-corrected chi connectivity index (χ0v) is 6.92. The highest BCUT2D eigenvalue weighted by Crippen LogP contribution is 1.74. The number of amides is 1. The molecule has 3 N–H and O–H groups in total. The molecule has 12 heavy (non-hydrogen) atoms. The van der Waals surface area contributed by atoms with Gasteiger partial charge in [-0.1, -0.05) is 12.2 Å². The lowest BCUT2D eigenvalue weighted by Crippen LogP contribution is -2.36. The van der Waals surface area contributed by atoms with Crippen LogP contribution in [0.2, 0.25) is 0 Å². The number of amidine groups is 1. The fourth-order valence-electron chi connectivity index (χ4n) is 0.490. The summed E-state index contributed by atoms with van der Waals surface area (Å²) in [7, 11) is 0. The van der Waals surface area contributed by atoms with Crippen LogP contribution in [0, 0.1) is 0 Å². The van der Waals surface area contributed by atoms with Crippen LogP contribution in [0.25, 0.3) is 0 Å². The summed E-state index contributed by atoms with van der Waals surface area (Å²) in [4.78, 5) is 14.7. The first-order valence-electron chi connectivity index (χ1n) is 3.52. The molecular weight excluding hydrogens is 154 g/mol. The van der Waals surface area contributed by atoms with Gasteiger partial charge in [-0.05, 0) is 0 Å². The maximum Gasteiger partial charge on any atom is 0.286 e. The zero-order valence-electron chi connectivity index (χ0n) is 6.92. The summed E-state index contributed by atoms with van der Waals surface area (Å²) in [5.41, 5.74) is 5.30. The van der Waals surface area contributed by atoms with Gasteiger partial charge in [-0.25, -0.2) is 0 Å². The van der Waals surface area contributed by atoms with Crippen molar-refractivity contribution in [2.45, 2.75) is 0 Å². The standard InChI is InChI=1S/C8H13N3O/c1-3-5-10-7(9)8(12)11-6-4-2/h3-4H,1-2,5-6H2,(H2,9,10)(H,11,12). The SMILES string of the molecule is C=CCN=C(N)C(=O)NCC=C. The summed E-state index contributed by atoms with van der Waals surface area (Å²) < 4.78 is 0. The van der Waals surface area contributed by atoms with Crippen LogP contribution in [0.15, 0.2) is 30.3 Å². The Hall–Kier alpha value is -1.58. The van der Waals surface area contributed by atoms with Gasteiger partial charge in [0, 0.05) is 6.54 Å². The van der Waals surface area contributed by atoms with Crippen molar-refractivity contribution >= 4 is 11.7 Å². The van der Waals surface area contributed by atoms with Crippen molar-refractivity contribution in [2.24, 2.45) is 10.7 Å². The maximum atomic E-state index is 11.0. The summed E-state index contributed by atoms with van der Waals surface area (Å²) in [5, 5.41) is 2.49. The molecule has 4 heteroatoms. The molecule has 0 aromatic heterocycles. The fourth-order valence-corrected chi connectivity index (χ4v) is 0.490. The number of nitrogens with zero attached hydrogens (tertiary/aromatic N) is 1. The van der Waals surface area contributed by atoms with Crippen molar-refractivity contribution in [1.82, 2.24) is 5.32 Å². The van der Waals surface area contributed by atoms with Crippen LogP contribution >= 0.6 is 0 Å². The summed E-state index contributed by atoms with van der Waals surface area (Å²) in [5.74, 6) is -0.409. The topological polar surface area (TPSA) is 67.5 Å². The lowest BCUT2D eigenvalue weighted by molar-refractivity contribution is -0.114. The quantitative estimate of drug-likeness (QED) is 0.347. The Balaban J connectivity index is 3.90. The third-order valence-corrected chi connectivity index (χ3v) is 1.03. The van der Waals surface area contributed by atoms with Gasteiger partial charge in [-0.2, -0.15) is 0 Å². The summed E-state index contributed by atoms with van der Waals surface area (Å²) in [6, 6.07) is 0. The van der Waals surface area contributed by atoms with Crippen LogP contribution in [0.3, 0.4) is 0 Å². The Bertz CT molecular complexity index is 208. The Morgan fingerprint density at radius 3 is 2.67 bits per heavy atom. The van der Waals surface area contributed by atoms with E-state index in [9.17, 15) is 4.79 Å². The second-order valence-corrected chi connectivity index (χ2v) is 2.01. The van der Waals surface area contributed by atoms with Gasteiger partial charge in [0.2, 0.25) is 0 Å². The van der Waals surface area contributed by atoms with E-state index in [1.807, 2.05) is 0 Å². The number of hydrogen-bond donors (Lipinski definition) is 2. The van der Waals surface area contributed by atoms with Crippen molar-refractivity contribution < 1.29 is 4.79 Å². The Morgan fingerprint density at radius 2 is 2.17 bits per heavy atom. The number of aliphatic imine (C=N–C) groups is 1. The number of carbonyl (C=O) groups is 1. The fraction of sp³-hybridized carbons (Fsp3) is 0.250. The van der Waals surface area contributed by atoms with Gasteiger partial charge < -0.3 is 11.1 Å². The Morgan fingerprint density at radius 1 is 1.50 bits per heavy atom. The van der Waals surface area contributed by atoms with Crippen molar-refractivity contribution in [3.05, 3.63) is 25.3 Å². The molecule has 0 aliphatic heterocycles. The molecule has 1 amide bonds. The van der Waals surface area contributed by atoms with E-state index in [-0.39, 0.29) is 11.7 Å². The predicted octanol–water partition coefficient (Wildman–Crippen LogP) is -0.168. The molecule has 0 aromatic rings. The summed E-state index contributed by atoms with van der Waals surface area (Å²) in [6.45, 7) is 7.63. The molecule has 4 nitrogen and oxygen atoms in total. The first kappa shape index (κ1) is 10.4. The van der Waals surface area contributed by atoms with Gasteiger partial charge in [0.05, 0.1) is 6.54 Å². The minimum atomic E-state index is -0.378. The third kappa shape index (κ3) is 4.27. The number of carbonyl (C=O) groups excluding carboxylic acids is 1. The van der Waals surface area contributed by atoms with E-state index < -0.39 is 0 Å². The molecule has 66 valence electrons. The highest BCUT2D eigenvalue weighted by atomic mass is 16.2. The van der Waals surface area contributed by atoms with Gasteiger partial charge in [-0.15, -0.1) is 13.2 Å². The van der Waals surface area contributed by atoms with E-state index in [4.69, 9.17) is 5.73 Å². The van der Waals surface area contributed by atoms with Crippen molar-refractivity contribution in [3.8, 4) is 0 Å². The van der Waals surface area contributed by atoms with Gasteiger partial charge in [-0.3, -0.25) is 9.79 Å². The molecule has 0 heterocycles. The second kappa shape index (κ2) is 6.15. The largest absolute Gasteiger partial charge is 0.379 e. The van der Waals surface area contributed by atoms with Gasteiger partial charge in [0.15, 0.2) is 5.84 Å². The third-order valence-electron chi connectivity index (χ3n) is 1.03. The minimum absolute atomic E-state index is 0.0308. The minimum Gasteiger partial charge on any atom is -0.379 e. The second-order valence-electron chi connectivity index (χ2n) is 2.01. The van der Waals surface area contributed by atoms with Crippen LogP contribution in [-0.2, 0) is 4.79 Å². The first-order chi connectivity index (χ1) is 5.72. The van der Waals surface area contributed by atoms with E-state index in [0.29, 0.717) is 13.1 Å². The van der Waals surface area contributed by atoms with E-state index in [0.717, 1.165) is 0 Å². The number of nitrogens with one attached hydrogen (secondary N) is 1. The van der Waals surface area contributed by atoms with E-state index in [2.05, 4.69) is 23.5 Å². The molecule has 0 aliphatic rings. The molecule has 0 saturated heterocycles. The van der Waals surface area contributed by atoms with E-state index in [1.165, 1.54) is 0 Å². The molecule has 0 radical (unpaired) electrons.